The Bertz CT molecular complexity index is 691. The van der Waals surface area contributed by atoms with Crippen LogP contribution in [0.25, 0.3) is 0 Å². The van der Waals surface area contributed by atoms with Crippen LogP contribution in [0.2, 0.25) is 0 Å². The van der Waals surface area contributed by atoms with E-state index in [2.05, 4.69) is 15.3 Å². The van der Waals surface area contributed by atoms with Crippen LogP contribution in [0.5, 0.6) is 0 Å². The number of benzene rings is 1. The predicted octanol–water partition coefficient (Wildman–Crippen LogP) is 2.76. The van der Waals surface area contributed by atoms with Gasteiger partial charge in [-0.3, -0.25) is 4.79 Å². The van der Waals surface area contributed by atoms with E-state index in [9.17, 15) is 13.6 Å². The van der Waals surface area contributed by atoms with Crippen LogP contribution in [-0.2, 0) is 4.79 Å². The molecule has 22 heavy (non-hydrogen) atoms. The fourth-order valence-electron chi connectivity index (χ4n) is 1.66. The van der Waals surface area contributed by atoms with Crippen molar-refractivity contribution in [2.24, 2.45) is 0 Å². The van der Waals surface area contributed by atoms with E-state index in [1.54, 1.807) is 19.9 Å². The third kappa shape index (κ3) is 4.14. The molecule has 1 heterocycles. The fourth-order valence-corrected chi connectivity index (χ4v) is 2.49. The molecule has 116 valence electrons. The van der Waals surface area contributed by atoms with Crippen molar-refractivity contribution >= 4 is 29.2 Å². The lowest BCUT2D eigenvalue weighted by molar-refractivity contribution is -0.115. The van der Waals surface area contributed by atoms with Gasteiger partial charge in [0, 0.05) is 17.8 Å². The summed E-state index contributed by atoms with van der Waals surface area (Å²) in [6, 6.07) is 4.46. The van der Waals surface area contributed by atoms with Gasteiger partial charge < -0.3 is 11.1 Å². The van der Waals surface area contributed by atoms with E-state index in [1.165, 1.54) is 0 Å². The molecule has 0 bridgehead atoms. The zero-order chi connectivity index (χ0) is 16.3. The van der Waals surface area contributed by atoms with Gasteiger partial charge in [-0.1, -0.05) is 11.8 Å². The number of carbonyl (C=O) groups excluding carboxylic acids is 1. The van der Waals surface area contributed by atoms with Crippen molar-refractivity contribution in [2.75, 3.05) is 11.1 Å². The second kappa shape index (κ2) is 6.69. The SMILES string of the molecule is Cc1cc(N)nc(S[C@H](C)C(=O)Nc2cc(F)ccc2F)n1. The van der Waals surface area contributed by atoms with E-state index in [-0.39, 0.29) is 5.69 Å². The number of rotatable bonds is 4. The first kappa shape index (κ1) is 16.2. The molecule has 0 fully saturated rings. The van der Waals surface area contributed by atoms with Gasteiger partial charge in [0.2, 0.25) is 5.91 Å². The summed E-state index contributed by atoms with van der Waals surface area (Å²) in [6.07, 6.45) is 0. The van der Waals surface area contributed by atoms with Crippen molar-refractivity contribution in [1.82, 2.24) is 9.97 Å². The Hall–Kier alpha value is -2.22. The summed E-state index contributed by atoms with van der Waals surface area (Å²) in [4.78, 5) is 20.2. The van der Waals surface area contributed by atoms with Crippen LogP contribution in [0.15, 0.2) is 29.4 Å². The number of nitrogen functional groups attached to an aromatic ring is 1. The number of aromatic nitrogens is 2. The minimum absolute atomic E-state index is 0.206. The second-order valence-electron chi connectivity index (χ2n) is 4.59. The Labute approximate surface area is 130 Å². The first-order valence-electron chi connectivity index (χ1n) is 6.39. The van der Waals surface area contributed by atoms with Gasteiger partial charge in [-0.25, -0.2) is 18.7 Å². The largest absolute Gasteiger partial charge is 0.384 e. The maximum absolute atomic E-state index is 13.5. The number of aryl methyl sites for hydroxylation is 1. The van der Waals surface area contributed by atoms with Crippen LogP contribution in [-0.4, -0.2) is 21.1 Å². The maximum atomic E-state index is 13.5. The average Bonchev–Trinajstić information content (AvgIpc) is 2.41. The number of hydrogen-bond donors (Lipinski definition) is 2. The van der Waals surface area contributed by atoms with Gasteiger partial charge in [-0.05, 0) is 26.0 Å². The molecule has 3 N–H and O–H groups in total. The molecule has 0 spiro atoms. The Kier molecular flexibility index (Phi) is 4.92. The number of thioether (sulfide) groups is 1. The number of nitrogens with one attached hydrogen (secondary N) is 1. The van der Waals surface area contributed by atoms with Crippen molar-refractivity contribution in [3.63, 3.8) is 0 Å². The maximum Gasteiger partial charge on any atom is 0.237 e. The number of nitrogens with two attached hydrogens (primary N) is 1. The van der Waals surface area contributed by atoms with Crippen LogP contribution in [0.3, 0.4) is 0 Å². The molecule has 1 aromatic heterocycles. The highest BCUT2D eigenvalue weighted by atomic mass is 32.2. The monoisotopic (exact) mass is 324 g/mol. The summed E-state index contributed by atoms with van der Waals surface area (Å²) in [5, 5.41) is 2.08. The van der Waals surface area contributed by atoms with Gasteiger partial charge in [-0.15, -0.1) is 0 Å². The van der Waals surface area contributed by atoms with Crippen molar-refractivity contribution in [1.29, 1.82) is 0 Å². The lowest BCUT2D eigenvalue weighted by Crippen LogP contribution is -2.23. The van der Waals surface area contributed by atoms with Gasteiger partial charge in [0.05, 0.1) is 10.9 Å². The van der Waals surface area contributed by atoms with Gasteiger partial charge in [-0.2, -0.15) is 0 Å². The van der Waals surface area contributed by atoms with Crippen molar-refractivity contribution in [3.8, 4) is 0 Å². The zero-order valence-electron chi connectivity index (χ0n) is 11.9. The molecule has 0 saturated carbocycles. The third-order valence-corrected chi connectivity index (χ3v) is 3.65. The minimum atomic E-state index is -0.706. The van der Waals surface area contributed by atoms with Crippen LogP contribution in [0.4, 0.5) is 20.3 Å². The molecule has 0 aliphatic rings. The molecule has 5 nitrogen and oxygen atoms in total. The van der Waals surface area contributed by atoms with Gasteiger partial charge in [0.25, 0.3) is 0 Å². The molecular formula is C14H14F2N4OS. The third-order valence-electron chi connectivity index (χ3n) is 2.69. The number of amides is 1. The summed E-state index contributed by atoms with van der Waals surface area (Å²) >= 11 is 1.08. The highest BCUT2D eigenvalue weighted by Crippen LogP contribution is 2.23. The van der Waals surface area contributed by atoms with E-state index in [0.29, 0.717) is 16.7 Å². The van der Waals surface area contributed by atoms with E-state index >= 15 is 0 Å². The van der Waals surface area contributed by atoms with E-state index in [0.717, 1.165) is 30.0 Å². The number of halogens is 2. The molecule has 2 aromatic rings. The fraction of sp³-hybridized carbons (Fsp3) is 0.214. The smallest absolute Gasteiger partial charge is 0.237 e. The first-order chi connectivity index (χ1) is 10.3. The molecule has 8 heteroatoms. The summed E-state index contributed by atoms with van der Waals surface area (Å²) in [5.41, 5.74) is 6.09. The summed E-state index contributed by atoms with van der Waals surface area (Å²) in [6.45, 7) is 3.37. The standard InChI is InChI=1S/C14H14F2N4OS/c1-7-5-12(17)20-14(18-7)22-8(2)13(21)19-11-6-9(15)3-4-10(11)16/h3-6,8H,1-2H3,(H,19,21)(H2,17,18,20)/t8-/m1/s1. The number of carbonyl (C=O) groups is 1. The molecule has 1 aromatic carbocycles. The summed E-state index contributed by atoms with van der Waals surface area (Å²) < 4.78 is 26.6. The van der Waals surface area contributed by atoms with Crippen LogP contribution >= 0.6 is 11.8 Å². The molecular weight excluding hydrogens is 310 g/mol. The summed E-state index contributed by atoms with van der Waals surface area (Å²) in [5.74, 6) is -1.52. The van der Waals surface area contributed by atoms with Crippen molar-refractivity contribution < 1.29 is 13.6 Å². The lowest BCUT2D eigenvalue weighted by atomic mass is 10.3. The van der Waals surface area contributed by atoms with Crippen molar-refractivity contribution in [3.05, 3.63) is 41.6 Å². The Morgan fingerprint density at radius 1 is 1.32 bits per heavy atom. The average molecular weight is 324 g/mol. The van der Waals surface area contributed by atoms with E-state index in [4.69, 9.17) is 5.73 Å². The first-order valence-corrected chi connectivity index (χ1v) is 7.27. The molecule has 0 aliphatic carbocycles. The molecule has 0 radical (unpaired) electrons. The normalized spacial score (nSPS) is 12.0. The van der Waals surface area contributed by atoms with Gasteiger partial charge in [0.15, 0.2) is 5.16 Å². The predicted molar refractivity (Wildman–Crippen MR) is 81.5 cm³/mol. The van der Waals surface area contributed by atoms with Crippen LogP contribution in [0, 0.1) is 18.6 Å². The second-order valence-corrected chi connectivity index (χ2v) is 5.90. The Balaban J connectivity index is 2.07. The highest BCUT2D eigenvalue weighted by molar-refractivity contribution is 8.00. The molecule has 2 rings (SSSR count). The number of anilines is 2. The lowest BCUT2D eigenvalue weighted by Gasteiger charge is -2.12. The van der Waals surface area contributed by atoms with Crippen molar-refractivity contribution in [2.45, 2.75) is 24.3 Å². The molecule has 1 amide bonds. The minimum Gasteiger partial charge on any atom is -0.384 e. The molecule has 1 atom stereocenters. The topological polar surface area (TPSA) is 80.9 Å². The van der Waals surface area contributed by atoms with Gasteiger partial charge >= 0.3 is 0 Å². The Morgan fingerprint density at radius 2 is 2.05 bits per heavy atom. The van der Waals surface area contributed by atoms with E-state index in [1.807, 2.05) is 0 Å². The Morgan fingerprint density at radius 3 is 2.73 bits per heavy atom. The van der Waals surface area contributed by atoms with Crippen LogP contribution < -0.4 is 11.1 Å². The zero-order valence-corrected chi connectivity index (χ0v) is 12.7. The summed E-state index contributed by atoms with van der Waals surface area (Å²) in [7, 11) is 0. The highest BCUT2D eigenvalue weighted by Gasteiger charge is 2.18. The quantitative estimate of drug-likeness (QED) is 0.668. The molecule has 0 unspecified atom stereocenters. The number of nitrogens with zero attached hydrogens (tertiary/aromatic N) is 2. The van der Waals surface area contributed by atoms with Crippen LogP contribution in [0.1, 0.15) is 12.6 Å². The molecule has 0 aliphatic heterocycles. The van der Waals surface area contributed by atoms with E-state index < -0.39 is 22.8 Å². The van der Waals surface area contributed by atoms with Gasteiger partial charge in [0.1, 0.15) is 17.5 Å². The number of hydrogen-bond acceptors (Lipinski definition) is 5. The molecule has 0 saturated heterocycles.